The molecule has 2 atom stereocenters. The summed E-state index contributed by atoms with van der Waals surface area (Å²) >= 11 is 0. The highest BCUT2D eigenvalue weighted by atomic mass is 15.1. The molecule has 1 rings (SSSR count). The Morgan fingerprint density at radius 1 is 1.55 bits per heavy atom. The minimum atomic E-state index is -0.106. The van der Waals surface area contributed by atoms with Gasteiger partial charge in [-0.15, -0.1) is 0 Å². The summed E-state index contributed by atoms with van der Waals surface area (Å²) < 4.78 is 0. The predicted molar refractivity (Wildman–Crippen MR) is 48.2 cm³/mol. The molecule has 2 heteroatoms. The first-order valence-electron chi connectivity index (χ1n) is 4.55. The van der Waals surface area contributed by atoms with E-state index in [-0.39, 0.29) is 5.66 Å². The second-order valence-corrected chi connectivity index (χ2v) is 4.34. The zero-order valence-electron chi connectivity index (χ0n) is 7.85. The number of hydrogen-bond acceptors (Lipinski definition) is 2. The zero-order chi connectivity index (χ0) is 8.48. The molecular formula is C9H20N2. The minimum absolute atomic E-state index is 0.106. The van der Waals surface area contributed by atoms with Crippen molar-refractivity contribution < 1.29 is 0 Å². The Bertz CT molecular complexity index is 120. The molecule has 0 aliphatic carbocycles. The Labute approximate surface area is 69.5 Å². The third-order valence-electron chi connectivity index (χ3n) is 2.75. The van der Waals surface area contributed by atoms with Crippen molar-refractivity contribution in [3.8, 4) is 0 Å². The van der Waals surface area contributed by atoms with Gasteiger partial charge in [0.05, 0.1) is 5.66 Å². The lowest BCUT2D eigenvalue weighted by molar-refractivity contribution is 0.194. The van der Waals surface area contributed by atoms with Crippen LogP contribution < -0.4 is 11.1 Å². The van der Waals surface area contributed by atoms with Crippen molar-refractivity contribution >= 4 is 0 Å². The van der Waals surface area contributed by atoms with Gasteiger partial charge in [-0.1, -0.05) is 13.8 Å². The largest absolute Gasteiger partial charge is 0.314 e. The molecule has 1 aliphatic rings. The Balaban J connectivity index is 2.36. The Kier molecular flexibility index (Phi) is 2.55. The number of piperidine rings is 1. The zero-order valence-corrected chi connectivity index (χ0v) is 7.85. The minimum Gasteiger partial charge on any atom is -0.314 e. The first-order chi connectivity index (χ1) is 5.01. The van der Waals surface area contributed by atoms with E-state index in [1.165, 1.54) is 6.42 Å². The average molecular weight is 156 g/mol. The summed E-state index contributed by atoms with van der Waals surface area (Å²) in [5, 5.41) is 3.37. The first-order valence-corrected chi connectivity index (χ1v) is 4.55. The number of hydrogen-bond donors (Lipinski definition) is 2. The SMILES string of the molecule is CC(C)C1CCC(C)(N)NC1. The fourth-order valence-corrected chi connectivity index (χ4v) is 1.61. The van der Waals surface area contributed by atoms with Crippen LogP contribution in [-0.4, -0.2) is 12.2 Å². The van der Waals surface area contributed by atoms with Crippen molar-refractivity contribution in [2.45, 2.75) is 39.3 Å². The van der Waals surface area contributed by atoms with Gasteiger partial charge >= 0.3 is 0 Å². The molecular weight excluding hydrogens is 136 g/mol. The molecule has 2 nitrogen and oxygen atoms in total. The summed E-state index contributed by atoms with van der Waals surface area (Å²) in [4.78, 5) is 0. The Hall–Kier alpha value is -0.0800. The van der Waals surface area contributed by atoms with E-state index >= 15 is 0 Å². The second-order valence-electron chi connectivity index (χ2n) is 4.34. The van der Waals surface area contributed by atoms with Gasteiger partial charge in [0.15, 0.2) is 0 Å². The van der Waals surface area contributed by atoms with E-state index in [4.69, 9.17) is 5.73 Å². The maximum Gasteiger partial charge on any atom is 0.0633 e. The molecule has 11 heavy (non-hydrogen) atoms. The highest BCUT2D eigenvalue weighted by Crippen LogP contribution is 2.23. The summed E-state index contributed by atoms with van der Waals surface area (Å²) in [6.45, 7) is 7.73. The van der Waals surface area contributed by atoms with Gasteiger partial charge in [-0.2, -0.15) is 0 Å². The third-order valence-corrected chi connectivity index (χ3v) is 2.75. The summed E-state index contributed by atoms with van der Waals surface area (Å²) in [5.74, 6) is 1.62. The molecule has 3 N–H and O–H groups in total. The van der Waals surface area contributed by atoms with Crippen molar-refractivity contribution in [1.29, 1.82) is 0 Å². The third kappa shape index (κ3) is 2.46. The fraction of sp³-hybridized carbons (Fsp3) is 1.00. The number of nitrogens with two attached hydrogens (primary N) is 1. The maximum absolute atomic E-state index is 5.93. The second kappa shape index (κ2) is 3.11. The summed E-state index contributed by atoms with van der Waals surface area (Å²) in [7, 11) is 0. The van der Waals surface area contributed by atoms with Crippen molar-refractivity contribution in [1.82, 2.24) is 5.32 Å². The summed E-state index contributed by atoms with van der Waals surface area (Å²) in [5.41, 5.74) is 5.82. The van der Waals surface area contributed by atoms with E-state index in [9.17, 15) is 0 Å². The number of nitrogens with one attached hydrogen (secondary N) is 1. The summed E-state index contributed by atoms with van der Waals surface area (Å²) in [6, 6.07) is 0. The molecule has 0 bridgehead atoms. The molecule has 1 saturated heterocycles. The lowest BCUT2D eigenvalue weighted by Gasteiger charge is -2.37. The van der Waals surface area contributed by atoms with Crippen LogP contribution in [0.4, 0.5) is 0 Å². The number of rotatable bonds is 1. The average Bonchev–Trinajstić information content (AvgIpc) is 1.86. The van der Waals surface area contributed by atoms with Crippen LogP contribution in [0.1, 0.15) is 33.6 Å². The van der Waals surface area contributed by atoms with Gasteiger partial charge in [0.1, 0.15) is 0 Å². The molecule has 0 spiro atoms. The highest BCUT2D eigenvalue weighted by Gasteiger charge is 2.27. The van der Waals surface area contributed by atoms with Crippen LogP contribution in [0.15, 0.2) is 0 Å². The Morgan fingerprint density at radius 3 is 2.55 bits per heavy atom. The van der Waals surface area contributed by atoms with Gasteiger partial charge < -0.3 is 5.73 Å². The van der Waals surface area contributed by atoms with E-state index in [0.717, 1.165) is 24.8 Å². The standard InChI is InChI=1S/C9H20N2/c1-7(2)8-4-5-9(3,10)11-6-8/h7-8,11H,4-6,10H2,1-3H3. The van der Waals surface area contributed by atoms with Crippen LogP contribution >= 0.6 is 0 Å². The van der Waals surface area contributed by atoms with Gasteiger partial charge in [0, 0.05) is 0 Å². The van der Waals surface area contributed by atoms with Gasteiger partial charge in [-0.05, 0) is 38.1 Å². The maximum atomic E-state index is 5.93. The Morgan fingerprint density at radius 2 is 2.18 bits per heavy atom. The molecule has 1 aliphatic heterocycles. The monoisotopic (exact) mass is 156 g/mol. The van der Waals surface area contributed by atoms with Gasteiger partial charge in [-0.25, -0.2) is 0 Å². The summed E-state index contributed by atoms with van der Waals surface area (Å²) in [6.07, 6.45) is 2.38. The van der Waals surface area contributed by atoms with Crippen molar-refractivity contribution in [2.24, 2.45) is 17.6 Å². The molecule has 1 fully saturated rings. The molecule has 0 aromatic rings. The van der Waals surface area contributed by atoms with E-state index in [1.807, 2.05) is 0 Å². The normalized spacial score (nSPS) is 39.5. The van der Waals surface area contributed by atoms with Crippen LogP contribution in [-0.2, 0) is 0 Å². The van der Waals surface area contributed by atoms with Gasteiger partial charge in [-0.3, -0.25) is 5.32 Å². The van der Waals surface area contributed by atoms with Crippen molar-refractivity contribution in [3.63, 3.8) is 0 Å². The van der Waals surface area contributed by atoms with E-state index in [1.54, 1.807) is 0 Å². The molecule has 2 unspecified atom stereocenters. The topological polar surface area (TPSA) is 38.0 Å². The van der Waals surface area contributed by atoms with Crippen LogP contribution in [0.5, 0.6) is 0 Å². The lowest BCUT2D eigenvalue weighted by atomic mass is 9.85. The predicted octanol–water partition coefficient (Wildman–Crippen LogP) is 1.32. The van der Waals surface area contributed by atoms with Crippen molar-refractivity contribution in [3.05, 3.63) is 0 Å². The van der Waals surface area contributed by atoms with Crippen molar-refractivity contribution in [2.75, 3.05) is 6.54 Å². The fourth-order valence-electron chi connectivity index (χ4n) is 1.61. The van der Waals surface area contributed by atoms with E-state index in [0.29, 0.717) is 0 Å². The molecule has 1 heterocycles. The van der Waals surface area contributed by atoms with Crippen LogP contribution in [0.25, 0.3) is 0 Å². The van der Waals surface area contributed by atoms with Gasteiger partial charge in [0.2, 0.25) is 0 Å². The molecule has 0 amide bonds. The quantitative estimate of drug-likeness (QED) is 0.601. The molecule has 0 radical (unpaired) electrons. The highest BCUT2D eigenvalue weighted by molar-refractivity contribution is 4.84. The smallest absolute Gasteiger partial charge is 0.0633 e. The lowest BCUT2D eigenvalue weighted by Crippen LogP contribution is -2.56. The van der Waals surface area contributed by atoms with Crippen LogP contribution in [0.3, 0.4) is 0 Å². The van der Waals surface area contributed by atoms with Crippen LogP contribution in [0.2, 0.25) is 0 Å². The van der Waals surface area contributed by atoms with Crippen LogP contribution in [0, 0.1) is 11.8 Å². The molecule has 0 aromatic carbocycles. The van der Waals surface area contributed by atoms with Gasteiger partial charge in [0.25, 0.3) is 0 Å². The molecule has 0 aromatic heterocycles. The molecule has 66 valence electrons. The van der Waals surface area contributed by atoms with E-state index in [2.05, 4.69) is 26.1 Å². The first kappa shape index (κ1) is 9.01. The molecule has 0 saturated carbocycles. The van der Waals surface area contributed by atoms with E-state index < -0.39 is 0 Å².